The Morgan fingerprint density at radius 1 is 1.54 bits per heavy atom. The van der Waals surface area contributed by atoms with Crippen molar-refractivity contribution in [3.63, 3.8) is 0 Å². The molecule has 3 heteroatoms. The lowest BCUT2D eigenvalue weighted by molar-refractivity contribution is -0.151. The summed E-state index contributed by atoms with van der Waals surface area (Å²) >= 11 is 0. The van der Waals surface area contributed by atoms with Crippen LogP contribution in [0, 0.1) is 5.41 Å². The molecule has 2 N–H and O–H groups in total. The van der Waals surface area contributed by atoms with Crippen LogP contribution in [0.3, 0.4) is 0 Å². The molecule has 0 aromatic rings. The van der Waals surface area contributed by atoms with Gasteiger partial charge in [-0.2, -0.15) is 0 Å². The molecule has 0 aromatic heterocycles. The Morgan fingerprint density at radius 3 is 2.54 bits per heavy atom. The highest BCUT2D eigenvalue weighted by Crippen LogP contribution is 2.44. The molecule has 0 spiro atoms. The molecule has 2 unspecified atom stereocenters. The fourth-order valence-electron chi connectivity index (χ4n) is 2.20. The lowest BCUT2D eigenvalue weighted by Crippen LogP contribution is -2.38. The summed E-state index contributed by atoms with van der Waals surface area (Å²) < 4.78 is 4.78. The Labute approximate surface area is 79.6 Å². The van der Waals surface area contributed by atoms with E-state index in [0.29, 0.717) is 0 Å². The van der Waals surface area contributed by atoms with Gasteiger partial charge in [-0.1, -0.05) is 6.92 Å². The Morgan fingerprint density at radius 2 is 2.15 bits per heavy atom. The monoisotopic (exact) mass is 185 g/mol. The molecule has 0 amide bonds. The number of rotatable bonds is 2. The molecule has 1 aliphatic carbocycles. The molecule has 3 nitrogen and oxygen atoms in total. The standard InChI is InChI=1S/C10H19NO2/c1-4-10(11)6-5-9(2,7-10)8(12)13-3/h4-7,11H2,1-3H3. The molecule has 1 fully saturated rings. The molecule has 1 aliphatic rings. The summed E-state index contributed by atoms with van der Waals surface area (Å²) in [5.74, 6) is -0.117. The van der Waals surface area contributed by atoms with Crippen molar-refractivity contribution in [3.8, 4) is 0 Å². The summed E-state index contributed by atoms with van der Waals surface area (Å²) in [7, 11) is 1.44. The van der Waals surface area contributed by atoms with Crippen LogP contribution >= 0.6 is 0 Å². The van der Waals surface area contributed by atoms with Gasteiger partial charge < -0.3 is 10.5 Å². The summed E-state index contributed by atoms with van der Waals surface area (Å²) in [6.45, 7) is 4.02. The van der Waals surface area contributed by atoms with Gasteiger partial charge in [0.15, 0.2) is 0 Å². The lowest BCUT2D eigenvalue weighted by atomic mass is 9.85. The Balaban J connectivity index is 2.71. The molecule has 0 bridgehead atoms. The molecular formula is C10H19NO2. The second kappa shape index (κ2) is 3.29. The molecular weight excluding hydrogens is 166 g/mol. The van der Waals surface area contributed by atoms with E-state index in [1.807, 2.05) is 6.92 Å². The van der Waals surface area contributed by atoms with E-state index in [1.54, 1.807) is 0 Å². The van der Waals surface area contributed by atoms with Crippen LogP contribution in [-0.2, 0) is 9.53 Å². The van der Waals surface area contributed by atoms with Crippen molar-refractivity contribution in [2.75, 3.05) is 7.11 Å². The first-order chi connectivity index (χ1) is 5.96. The number of hydrogen-bond donors (Lipinski definition) is 1. The zero-order valence-electron chi connectivity index (χ0n) is 8.72. The van der Waals surface area contributed by atoms with Crippen molar-refractivity contribution >= 4 is 5.97 Å². The molecule has 1 saturated carbocycles. The second-order valence-electron chi connectivity index (χ2n) is 4.44. The van der Waals surface area contributed by atoms with E-state index < -0.39 is 0 Å². The molecule has 0 saturated heterocycles. The van der Waals surface area contributed by atoms with Gasteiger partial charge in [0.05, 0.1) is 12.5 Å². The number of ether oxygens (including phenoxy) is 1. The predicted octanol–water partition coefficient (Wildman–Crippen LogP) is 1.46. The summed E-state index contributed by atoms with van der Waals surface area (Å²) in [4.78, 5) is 11.5. The van der Waals surface area contributed by atoms with E-state index in [-0.39, 0.29) is 16.9 Å². The molecule has 13 heavy (non-hydrogen) atoms. The third-order valence-electron chi connectivity index (χ3n) is 3.30. The van der Waals surface area contributed by atoms with Crippen LogP contribution < -0.4 is 5.73 Å². The number of carbonyl (C=O) groups excluding carboxylic acids is 1. The summed E-state index contributed by atoms with van der Waals surface area (Å²) in [6, 6.07) is 0. The predicted molar refractivity (Wildman–Crippen MR) is 51.2 cm³/mol. The first kappa shape index (κ1) is 10.5. The number of esters is 1. The van der Waals surface area contributed by atoms with Gasteiger partial charge in [-0.3, -0.25) is 4.79 Å². The Hall–Kier alpha value is -0.570. The second-order valence-corrected chi connectivity index (χ2v) is 4.44. The van der Waals surface area contributed by atoms with E-state index in [9.17, 15) is 4.79 Å². The average molecular weight is 185 g/mol. The van der Waals surface area contributed by atoms with E-state index in [4.69, 9.17) is 10.5 Å². The number of nitrogens with two attached hydrogens (primary N) is 1. The first-order valence-electron chi connectivity index (χ1n) is 4.83. The molecule has 2 atom stereocenters. The quantitative estimate of drug-likeness (QED) is 0.662. The van der Waals surface area contributed by atoms with Crippen LogP contribution in [0.4, 0.5) is 0 Å². The fourth-order valence-corrected chi connectivity index (χ4v) is 2.20. The van der Waals surface area contributed by atoms with Crippen molar-refractivity contribution in [2.45, 2.75) is 45.1 Å². The third-order valence-corrected chi connectivity index (χ3v) is 3.30. The zero-order chi connectivity index (χ0) is 10.1. The number of carbonyl (C=O) groups is 1. The third kappa shape index (κ3) is 1.85. The topological polar surface area (TPSA) is 52.3 Å². The maximum Gasteiger partial charge on any atom is 0.311 e. The highest BCUT2D eigenvalue weighted by Gasteiger charge is 2.47. The molecule has 0 aliphatic heterocycles. The van der Waals surface area contributed by atoms with Crippen LogP contribution in [0.15, 0.2) is 0 Å². The fraction of sp³-hybridized carbons (Fsp3) is 0.900. The van der Waals surface area contributed by atoms with E-state index in [2.05, 4.69) is 6.92 Å². The smallest absolute Gasteiger partial charge is 0.311 e. The van der Waals surface area contributed by atoms with E-state index in [1.165, 1.54) is 7.11 Å². The van der Waals surface area contributed by atoms with Gasteiger partial charge in [0, 0.05) is 5.54 Å². The highest BCUT2D eigenvalue weighted by atomic mass is 16.5. The number of methoxy groups -OCH3 is 1. The normalized spacial score (nSPS) is 39.1. The van der Waals surface area contributed by atoms with Crippen molar-refractivity contribution < 1.29 is 9.53 Å². The van der Waals surface area contributed by atoms with Crippen LogP contribution in [0.5, 0.6) is 0 Å². The van der Waals surface area contributed by atoms with Crippen molar-refractivity contribution in [2.24, 2.45) is 11.1 Å². The van der Waals surface area contributed by atoms with E-state index >= 15 is 0 Å². The number of hydrogen-bond acceptors (Lipinski definition) is 3. The van der Waals surface area contributed by atoms with E-state index in [0.717, 1.165) is 25.7 Å². The van der Waals surface area contributed by atoms with Gasteiger partial charge in [0.1, 0.15) is 0 Å². The largest absolute Gasteiger partial charge is 0.469 e. The van der Waals surface area contributed by atoms with Crippen LogP contribution in [0.25, 0.3) is 0 Å². The zero-order valence-corrected chi connectivity index (χ0v) is 8.72. The maximum absolute atomic E-state index is 11.5. The lowest BCUT2D eigenvalue weighted by Gasteiger charge is -2.25. The maximum atomic E-state index is 11.5. The first-order valence-corrected chi connectivity index (χ1v) is 4.83. The van der Waals surface area contributed by atoms with Gasteiger partial charge in [0.25, 0.3) is 0 Å². The van der Waals surface area contributed by atoms with Gasteiger partial charge >= 0.3 is 5.97 Å². The minimum absolute atomic E-state index is 0.117. The minimum Gasteiger partial charge on any atom is -0.469 e. The van der Waals surface area contributed by atoms with Gasteiger partial charge in [-0.05, 0) is 32.6 Å². The van der Waals surface area contributed by atoms with Crippen LogP contribution in [0.2, 0.25) is 0 Å². The summed E-state index contributed by atoms with van der Waals surface area (Å²) in [6.07, 6.45) is 3.46. The van der Waals surface area contributed by atoms with Crippen molar-refractivity contribution in [1.29, 1.82) is 0 Å². The minimum atomic E-state index is -0.348. The highest BCUT2D eigenvalue weighted by molar-refractivity contribution is 5.76. The van der Waals surface area contributed by atoms with Crippen LogP contribution in [0.1, 0.15) is 39.5 Å². The average Bonchev–Trinajstić information content (AvgIpc) is 2.44. The van der Waals surface area contributed by atoms with Gasteiger partial charge in [-0.25, -0.2) is 0 Å². The summed E-state index contributed by atoms with van der Waals surface area (Å²) in [5.41, 5.74) is 5.62. The molecule has 0 heterocycles. The van der Waals surface area contributed by atoms with Gasteiger partial charge in [-0.15, -0.1) is 0 Å². The van der Waals surface area contributed by atoms with Crippen molar-refractivity contribution in [3.05, 3.63) is 0 Å². The summed E-state index contributed by atoms with van der Waals surface area (Å²) in [5, 5.41) is 0. The SMILES string of the molecule is CCC1(N)CCC(C)(C(=O)OC)C1. The molecule has 0 aromatic carbocycles. The molecule has 76 valence electrons. The van der Waals surface area contributed by atoms with Crippen molar-refractivity contribution in [1.82, 2.24) is 0 Å². The van der Waals surface area contributed by atoms with Crippen LogP contribution in [-0.4, -0.2) is 18.6 Å². The molecule has 1 rings (SSSR count). The Kier molecular flexibility index (Phi) is 2.66. The molecule has 0 radical (unpaired) electrons. The van der Waals surface area contributed by atoms with Gasteiger partial charge in [0.2, 0.25) is 0 Å². The Bertz CT molecular complexity index is 217.